The Kier molecular flexibility index (Phi) is 11.5. The van der Waals surface area contributed by atoms with E-state index in [-0.39, 0.29) is 28.8 Å². The summed E-state index contributed by atoms with van der Waals surface area (Å²) in [5, 5.41) is 11.8. The predicted octanol–water partition coefficient (Wildman–Crippen LogP) is 4.99. The van der Waals surface area contributed by atoms with Crippen LogP contribution < -0.4 is 40.9 Å². The number of fused-ring (bicyclic) bond motifs is 3. The zero-order valence-electron chi connectivity index (χ0n) is 26.9. The Morgan fingerprint density at radius 2 is 1.63 bits per heavy atom. The van der Waals surface area contributed by atoms with E-state index in [1.165, 1.54) is 27.0 Å². The second kappa shape index (κ2) is 15.5. The molecule has 3 aromatic rings. The van der Waals surface area contributed by atoms with E-state index < -0.39 is 12.1 Å². The first kappa shape index (κ1) is 34.2. The average molecular weight is 649 g/mol. The minimum atomic E-state index is -0.746. The largest absolute Gasteiger partial charge is 0.493 e. The molecule has 0 aromatic heterocycles. The molecule has 46 heavy (non-hydrogen) atoms. The first-order chi connectivity index (χ1) is 22.1. The molecule has 0 aliphatic heterocycles. The van der Waals surface area contributed by atoms with E-state index in [0.29, 0.717) is 64.8 Å². The van der Waals surface area contributed by atoms with Crippen molar-refractivity contribution in [1.29, 1.82) is 0 Å². The third kappa shape index (κ3) is 7.92. The lowest BCUT2D eigenvalue weighted by atomic mass is 9.95. The molecule has 1 aliphatic carbocycles. The Balaban J connectivity index is 1.79. The number of ether oxygens (including phenoxy) is 3. The van der Waals surface area contributed by atoms with E-state index in [9.17, 15) is 19.2 Å². The van der Waals surface area contributed by atoms with Crippen molar-refractivity contribution in [2.24, 2.45) is 0 Å². The van der Waals surface area contributed by atoms with Crippen molar-refractivity contribution in [3.05, 3.63) is 69.9 Å². The highest BCUT2D eigenvalue weighted by Crippen LogP contribution is 2.50. The highest BCUT2D eigenvalue weighted by Gasteiger charge is 2.30. The summed E-state index contributed by atoms with van der Waals surface area (Å²) in [7, 11) is 4.63. The molecule has 0 saturated heterocycles. The number of aryl methyl sites for hydroxylation is 1. The number of rotatable bonds is 12. The lowest BCUT2D eigenvalue weighted by molar-refractivity contribution is -0.120. The Hall–Kier alpha value is -4.71. The summed E-state index contributed by atoms with van der Waals surface area (Å²) in [6.45, 7) is 2.85. The van der Waals surface area contributed by atoms with Gasteiger partial charge in [-0.05, 0) is 84.4 Å². The van der Waals surface area contributed by atoms with Crippen molar-refractivity contribution in [1.82, 2.24) is 5.32 Å². The minimum absolute atomic E-state index is 0.222. The van der Waals surface area contributed by atoms with Crippen LogP contribution in [0, 0.1) is 0 Å². The van der Waals surface area contributed by atoms with Gasteiger partial charge >= 0.3 is 0 Å². The SMILES string of the molecule is COc1cc2c(c(OC)c1OC)-c1ccc(N[C@@H](CCSC)C(=O)Nc3cccc(NC(C)=O)c3)c(=O)cc1[C@@H](NC(C)=O)CC2. The lowest BCUT2D eigenvalue weighted by Gasteiger charge is -2.19. The monoisotopic (exact) mass is 648 g/mol. The summed E-state index contributed by atoms with van der Waals surface area (Å²) in [5.41, 5.74) is 3.91. The van der Waals surface area contributed by atoms with Gasteiger partial charge in [-0.2, -0.15) is 11.8 Å². The van der Waals surface area contributed by atoms with Gasteiger partial charge in [-0.25, -0.2) is 0 Å². The van der Waals surface area contributed by atoms with E-state index in [1.807, 2.05) is 18.4 Å². The molecule has 0 heterocycles. The number of carbonyl (C=O) groups excluding carboxylic acids is 3. The van der Waals surface area contributed by atoms with Gasteiger partial charge in [0.1, 0.15) is 6.04 Å². The van der Waals surface area contributed by atoms with Crippen LogP contribution in [-0.2, 0) is 20.8 Å². The van der Waals surface area contributed by atoms with E-state index in [0.717, 1.165) is 11.1 Å². The number of anilines is 3. The molecule has 11 nitrogen and oxygen atoms in total. The maximum Gasteiger partial charge on any atom is 0.246 e. The molecule has 2 atom stereocenters. The highest BCUT2D eigenvalue weighted by atomic mass is 32.2. The first-order valence-electron chi connectivity index (χ1n) is 14.8. The standard InChI is InChI=1S/C34H40N4O7S/c1-19(39)35-22-8-7-9-23(17-22)37-34(42)28(14-15-46-6)38-27-13-11-24-25(18-29(27)41)26(36-20(2)40)12-10-21-16-30(43-3)32(44-4)33(45-5)31(21)24/h7-9,11,13,16-18,26,28H,10,12,14-15H2,1-6H3,(H,35,39)(H,36,40)(H,37,42)(H,38,41)/t26-,28-/m0/s1. The predicted molar refractivity (Wildman–Crippen MR) is 182 cm³/mol. The number of methoxy groups -OCH3 is 3. The van der Waals surface area contributed by atoms with E-state index in [4.69, 9.17) is 14.2 Å². The number of nitrogens with one attached hydrogen (secondary N) is 4. The molecule has 4 rings (SSSR count). The van der Waals surface area contributed by atoms with Crippen LogP contribution in [0.3, 0.4) is 0 Å². The van der Waals surface area contributed by atoms with Crippen molar-refractivity contribution in [3.8, 4) is 28.4 Å². The molecular formula is C34H40N4O7S. The minimum Gasteiger partial charge on any atom is -0.493 e. The summed E-state index contributed by atoms with van der Waals surface area (Å²) >= 11 is 1.59. The van der Waals surface area contributed by atoms with Crippen LogP contribution in [0.1, 0.15) is 43.9 Å². The van der Waals surface area contributed by atoms with Gasteiger partial charge in [0.05, 0.1) is 33.1 Å². The maximum absolute atomic E-state index is 13.8. The van der Waals surface area contributed by atoms with Crippen molar-refractivity contribution >= 4 is 46.5 Å². The first-order valence-corrected chi connectivity index (χ1v) is 16.2. The molecule has 3 aromatic carbocycles. The molecular weight excluding hydrogens is 608 g/mol. The van der Waals surface area contributed by atoms with Gasteiger partial charge in [-0.1, -0.05) is 12.1 Å². The van der Waals surface area contributed by atoms with Crippen LogP contribution in [0.15, 0.2) is 53.3 Å². The summed E-state index contributed by atoms with van der Waals surface area (Å²) in [6, 6.07) is 12.5. The fraction of sp³-hybridized carbons (Fsp3) is 0.353. The molecule has 244 valence electrons. The Bertz CT molecular complexity index is 1680. The van der Waals surface area contributed by atoms with Gasteiger partial charge < -0.3 is 35.5 Å². The summed E-state index contributed by atoms with van der Waals surface area (Å²) in [6.07, 6.45) is 3.49. The molecule has 1 aliphatic rings. The third-order valence-electron chi connectivity index (χ3n) is 7.62. The van der Waals surface area contributed by atoms with Crippen LogP contribution in [-0.4, -0.2) is 57.1 Å². The molecule has 0 saturated carbocycles. The van der Waals surface area contributed by atoms with Crippen LogP contribution in [0.4, 0.5) is 17.1 Å². The highest BCUT2D eigenvalue weighted by molar-refractivity contribution is 7.98. The van der Waals surface area contributed by atoms with Crippen LogP contribution in [0.2, 0.25) is 0 Å². The van der Waals surface area contributed by atoms with E-state index in [1.54, 1.807) is 56.3 Å². The molecule has 0 unspecified atom stereocenters. The summed E-state index contributed by atoms with van der Waals surface area (Å²) in [5.74, 6) is 1.26. The van der Waals surface area contributed by atoms with Crippen LogP contribution in [0.25, 0.3) is 11.1 Å². The van der Waals surface area contributed by atoms with Gasteiger partial charge in [-0.15, -0.1) is 0 Å². The molecule has 0 spiro atoms. The second-order valence-electron chi connectivity index (χ2n) is 10.8. The van der Waals surface area contributed by atoms with Gasteiger partial charge in [0.15, 0.2) is 11.5 Å². The fourth-order valence-corrected chi connectivity index (χ4v) is 6.10. The maximum atomic E-state index is 13.8. The lowest BCUT2D eigenvalue weighted by Crippen LogP contribution is -2.36. The number of hydrogen-bond donors (Lipinski definition) is 4. The topological polar surface area (TPSA) is 144 Å². The third-order valence-corrected chi connectivity index (χ3v) is 8.27. The van der Waals surface area contributed by atoms with Crippen LogP contribution in [0.5, 0.6) is 17.2 Å². The zero-order valence-corrected chi connectivity index (χ0v) is 27.7. The van der Waals surface area contributed by atoms with Crippen molar-refractivity contribution in [2.45, 2.75) is 45.2 Å². The number of hydrogen-bond acceptors (Lipinski definition) is 9. The number of thioether (sulfide) groups is 1. The van der Waals surface area contributed by atoms with Gasteiger partial charge in [-0.3, -0.25) is 19.2 Å². The quantitative estimate of drug-likeness (QED) is 0.213. The Morgan fingerprint density at radius 3 is 2.26 bits per heavy atom. The molecule has 12 heteroatoms. The normalized spacial score (nSPS) is 14.0. The molecule has 4 N–H and O–H groups in total. The second-order valence-corrected chi connectivity index (χ2v) is 11.8. The van der Waals surface area contributed by atoms with Gasteiger partial charge in [0.2, 0.25) is 28.9 Å². The molecule has 3 amide bonds. The van der Waals surface area contributed by atoms with Gasteiger partial charge in [0.25, 0.3) is 0 Å². The number of carbonyl (C=O) groups is 3. The zero-order chi connectivity index (χ0) is 33.4. The van der Waals surface area contributed by atoms with Crippen molar-refractivity contribution < 1.29 is 28.6 Å². The number of amides is 3. The van der Waals surface area contributed by atoms with Crippen molar-refractivity contribution in [3.63, 3.8) is 0 Å². The Morgan fingerprint density at radius 1 is 0.913 bits per heavy atom. The van der Waals surface area contributed by atoms with Gasteiger partial charge in [0, 0.05) is 30.8 Å². The molecule has 0 radical (unpaired) electrons. The number of benzene rings is 2. The van der Waals surface area contributed by atoms with E-state index in [2.05, 4.69) is 21.3 Å². The molecule has 0 fully saturated rings. The average Bonchev–Trinajstić information content (AvgIpc) is 3.26. The smallest absolute Gasteiger partial charge is 0.246 e. The van der Waals surface area contributed by atoms with Crippen molar-refractivity contribution in [2.75, 3.05) is 49.3 Å². The van der Waals surface area contributed by atoms with E-state index >= 15 is 0 Å². The summed E-state index contributed by atoms with van der Waals surface area (Å²) < 4.78 is 17.1. The summed E-state index contributed by atoms with van der Waals surface area (Å²) in [4.78, 5) is 51.1. The fourth-order valence-electron chi connectivity index (χ4n) is 5.63. The Labute approximate surface area is 272 Å². The molecule has 0 bridgehead atoms. The van der Waals surface area contributed by atoms with Crippen LogP contribution >= 0.6 is 11.8 Å².